The van der Waals surface area contributed by atoms with Gasteiger partial charge in [-0.15, -0.1) is 10.2 Å². The molecule has 1 aliphatic rings. The van der Waals surface area contributed by atoms with Gasteiger partial charge in [0, 0.05) is 22.5 Å². The number of nitrogens with zero attached hydrogens (tertiary/aromatic N) is 4. The van der Waals surface area contributed by atoms with Crippen LogP contribution in [0.2, 0.25) is 0 Å². The summed E-state index contributed by atoms with van der Waals surface area (Å²) >= 11 is 3.50. The first-order valence-corrected chi connectivity index (χ1v) is 7.79. The minimum Gasteiger partial charge on any atom is -0.316 e. The van der Waals surface area contributed by atoms with Gasteiger partial charge in [0.2, 0.25) is 0 Å². The van der Waals surface area contributed by atoms with Gasteiger partial charge in [-0.1, -0.05) is 28.1 Å². The normalized spacial score (nSPS) is 18.4. The first-order valence-electron chi connectivity index (χ1n) is 7.00. The fourth-order valence-corrected chi connectivity index (χ4v) is 3.14. The summed E-state index contributed by atoms with van der Waals surface area (Å²) in [5.74, 6) is 1.34. The van der Waals surface area contributed by atoms with Crippen molar-refractivity contribution < 1.29 is 0 Å². The quantitative estimate of drug-likeness (QED) is 0.777. The standard InChI is InChI=1S/C15H14BrN5/c16-12-3-1-2-10(8-12)13-4-5-14-18-19-15(21(14)20-13)11-6-7-17-9-11/h1-5,8,11,17H,6-7,9H2. The lowest BCUT2D eigenvalue weighted by Crippen LogP contribution is -2.11. The minimum absolute atomic E-state index is 0.394. The molecule has 1 unspecified atom stereocenters. The average molecular weight is 344 g/mol. The number of benzene rings is 1. The van der Waals surface area contributed by atoms with E-state index in [1.165, 1.54) is 0 Å². The summed E-state index contributed by atoms with van der Waals surface area (Å²) in [5, 5.41) is 16.7. The van der Waals surface area contributed by atoms with E-state index in [9.17, 15) is 0 Å². The molecule has 0 saturated carbocycles. The molecule has 0 amide bonds. The molecule has 0 aliphatic carbocycles. The first kappa shape index (κ1) is 12.9. The number of halogens is 1. The summed E-state index contributed by atoms with van der Waals surface area (Å²) in [6.45, 7) is 1.98. The molecule has 1 atom stereocenters. The molecule has 1 aliphatic heterocycles. The van der Waals surface area contributed by atoms with Crippen LogP contribution in [0.15, 0.2) is 40.9 Å². The van der Waals surface area contributed by atoms with Gasteiger partial charge < -0.3 is 5.32 Å². The summed E-state index contributed by atoms with van der Waals surface area (Å²) in [6, 6.07) is 12.1. The Hall–Kier alpha value is -1.79. The predicted octanol–water partition coefficient (Wildman–Crippen LogP) is 2.63. The number of nitrogens with one attached hydrogen (secondary N) is 1. The van der Waals surface area contributed by atoms with Crippen molar-refractivity contribution in [3.63, 3.8) is 0 Å². The molecule has 0 bridgehead atoms. The van der Waals surface area contributed by atoms with Gasteiger partial charge in [-0.05, 0) is 37.2 Å². The molecule has 21 heavy (non-hydrogen) atoms. The zero-order valence-corrected chi connectivity index (χ0v) is 12.9. The molecule has 0 radical (unpaired) electrons. The Balaban J connectivity index is 1.83. The minimum atomic E-state index is 0.394. The molecule has 5 nitrogen and oxygen atoms in total. The van der Waals surface area contributed by atoms with Gasteiger partial charge in [0.05, 0.1) is 5.69 Å². The van der Waals surface area contributed by atoms with Crippen LogP contribution in [0.4, 0.5) is 0 Å². The molecule has 1 saturated heterocycles. The molecule has 6 heteroatoms. The average Bonchev–Trinajstić information content (AvgIpc) is 3.15. The molecule has 1 N–H and O–H groups in total. The third kappa shape index (κ3) is 2.34. The third-order valence-corrected chi connectivity index (χ3v) is 4.33. The van der Waals surface area contributed by atoms with Gasteiger partial charge in [0.15, 0.2) is 11.5 Å². The van der Waals surface area contributed by atoms with Crippen molar-refractivity contribution in [3.05, 3.63) is 46.7 Å². The molecule has 1 aromatic carbocycles. The monoisotopic (exact) mass is 343 g/mol. The molecule has 2 aromatic heterocycles. The Kier molecular flexibility index (Phi) is 3.20. The van der Waals surface area contributed by atoms with Crippen molar-refractivity contribution in [1.29, 1.82) is 0 Å². The zero-order valence-electron chi connectivity index (χ0n) is 11.3. The van der Waals surface area contributed by atoms with Gasteiger partial charge in [0.1, 0.15) is 0 Å². The van der Waals surface area contributed by atoms with Crippen LogP contribution < -0.4 is 5.32 Å². The summed E-state index contributed by atoms with van der Waals surface area (Å²) in [7, 11) is 0. The van der Waals surface area contributed by atoms with Crippen LogP contribution in [0.1, 0.15) is 18.2 Å². The first-order chi connectivity index (χ1) is 10.3. The van der Waals surface area contributed by atoms with E-state index in [4.69, 9.17) is 5.10 Å². The maximum absolute atomic E-state index is 4.73. The van der Waals surface area contributed by atoms with E-state index in [2.05, 4.69) is 43.6 Å². The van der Waals surface area contributed by atoms with Crippen LogP contribution in [0.3, 0.4) is 0 Å². The Morgan fingerprint density at radius 2 is 2.14 bits per heavy atom. The lowest BCUT2D eigenvalue weighted by Gasteiger charge is -2.07. The van der Waals surface area contributed by atoms with Gasteiger partial charge in [0.25, 0.3) is 0 Å². The van der Waals surface area contributed by atoms with E-state index in [0.29, 0.717) is 5.92 Å². The highest BCUT2D eigenvalue weighted by molar-refractivity contribution is 9.10. The van der Waals surface area contributed by atoms with Crippen molar-refractivity contribution in [2.45, 2.75) is 12.3 Å². The van der Waals surface area contributed by atoms with Crippen LogP contribution in [-0.2, 0) is 0 Å². The van der Waals surface area contributed by atoms with E-state index in [0.717, 1.165) is 46.7 Å². The number of fused-ring (bicyclic) bond motifs is 1. The van der Waals surface area contributed by atoms with E-state index < -0.39 is 0 Å². The van der Waals surface area contributed by atoms with E-state index in [1.807, 2.05) is 28.8 Å². The van der Waals surface area contributed by atoms with Crippen molar-refractivity contribution in [2.75, 3.05) is 13.1 Å². The highest BCUT2D eigenvalue weighted by Crippen LogP contribution is 2.24. The van der Waals surface area contributed by atoms with Crippen LogP contribution >= 0.6 is 15.9 Å². The second kappa shape index (κ2) is 5.20. The maximum atomic E-state index is 4.73. The summed E-state index contributed by atoms with van der Waals surface area (Å²) < 4.78 is 2.93. The Bertz CT molecular complexity index is 792. The fourth-order valence-electron chi connectivity index (χ4n) is 2.74. The van der Waals surface area contributed by atoms with Gasteiger partial charge in [-0.2, -0.15) is 9.61 Å². The summed E-state index contributed by atoms with van der Waals surface area (Å²) in [4.78, 5) is 0. The van der Waals surface area contributed by atoms with Crippen molar-refractivity contribution >= 4 is 21.6 Å². The summed E-state index contributed by atoms with van der Waals surface area (Å²) in [6.07, 6.45) is 1.09. The van der Waals surface area contributed by atoms with Crippen LogP contribution in [0.25, 0.3) is 16.9 Å². The molecule has 4 rings (SSSR count). The van der Waals surface area contributed by atoms with E-state index in [1.54, 1.807) is 0 Å². The highest BCUT2D eigenvalue weighted by atomic mass is 79.9. The molecular weight excluding hydrogens is 330 g/mol. The summed E-state index contributed by atoms with van der Waals surface area (Å²) in [5.41, 5.74) is 2.81. The van der Waals surface area contributed by atoms with E-state index in [-0.39, 0.29) is 0 Å². The van der Waals surface area contributed by atoms with Crippen molar-refractivity contribution in [3.8, 4) is 11.3 Å². The lowest BCUT2D eigenvalue weighted by atomic mass is 10.1. The largest absolute Gasteiger partial charge is 0.316 e. The number of aromatic nitrogens is 4. The molecule has 106 valence electrons. The maximum Gasteiger partial charge on any atom is 0.177 e. The smallest absolute Gasteiger partial charge is 0.177 e. The van der Waals surface area contributed by atoms with Gasteiger partial charge in [-0.25, -0.2) is 0 Å². The van der Waals surface area contributed by atoms with Gasteiger partial charge in [-0.3, -0.25) is 0 Å². The molecular formula is C15H14BrN5. The van der Waals surface area contributed by atoms with Crippen molar-refractivity contribution in [1.82, 2.24) is 25.1 Å². The lowest BCUT2D eigenvalue weighted by molar-refractivity contribution is 0.668. The van der Waals surface area contributed by atoms with Crippen molar-refractivity contribution in [2.24, 2.45) is 0 Å². The second-order valence-electron chi connectivity index (χ2n) is 5.25. The van der Waals surface area contributed by atoms with Crippen LogP contribution in [0, 0.1) is 0 Å². The highest BCUT2D eigenvalue weighted by Gasteiger charge is 2.22. The Morgan fingerprint density at radius 3 is 2.95 bits per heavy atom. The number of rotatable bonds is 2. The van der Waals surface area contributed by atoms with E-state index >= 15 is 0 Å². The Morgan fingerprint density at radius 1 is 1.19 bits per heavy atom. The van der Waals surface area contributed by atoms with Crippen LogP contribution in [-0.4, -0.2) is 32.9 Å². The molecule has 3 heterocycles. The fraction of sp³-hybridized carbons (Fsp3) is 0.267. The molecule has 3 aromatic rings. The number of hydrogen-bond acceptors (Lipinski definition) is 4. The second-order valence-corrected chi connectivity index (χ2v) is 6.16. The zero-order chi connectivity index (χ0) is 14.2. The predicted molar refractivity (Wildman–Crippen MR) is 84.1 cm³/mol. The molecule has 0 spiro atoms. The van der Waals surface area contributed by atoms with Gasteiger partial charge >= 0.3 is 0 Å². The Labute approximate surface area is 130 Å². The number of hydrogen-bond donors (Lipinski definition) is 1. The topological polar surface area (TPSA) is 55.1 Å². The van der Waals surface area contributed by atoms with Crippen LogP contribution in [0.5, 0.6) is 0 Å². The molecule has 1 fully saturated rings. The SMILES string of the molecule is Brc1cccc(-c2ccc3nnc(C4CCNC4)n3n2)c1. The third-order valence-electron chi connectivity index (χ3n) is 3.83.